The van der Waals surface area contributed by atoms with Crippen LogP contribution in [0.4, 0.5) is 0 Å². The number of hydrogen-bond donors (Lipinski definition) is 2. The molecule has 0 atom stereocenters. The molecule has 0 aromatic rings. The Morgan fingerprint density at radius 1 is 1.50 bits per heavy atom. The van der Waals surface area contributed by atoms with Gasteiger partial charge in [-0.25, -0.2) is 0 Å². The van der Waals surface area contributed by atoms with Gasteiger partial charge in [0.15, 0.2) is 0 Å². The van der Waals surface area contributed by atoms with Crippen LogP contribution in [-0.2, 0) is 0 Å². The molecular formula is C7H16N2S. The molecule has 1 saturated heterocycles. The van der Waals surface area contributed by atoms with Crippen molar-refractivity contribution in [3.05, 3.63) is 0 Å². The molecule has 0 unspecified atom stereocenters. The van der Waals surface area contributed by atoms with Crippen LogP contribution in [0.2, 0.25) is 0 Å². The van der Waals surface area contributed by atoms with E-state index in [1.807, 2.05) is 11.4 Å². The first-order valence-electron chi connectivity index (χ1n) is 3.90. The van der Waals surface area contributed by atoms with Gasteiger partial charge in [-0.05, 0) is 38.9 Å². The lowest BCUT2D eigenvalue weighted by Gasteiger charge is -2.24. The van der Waals surface area contributed by atoms with E-state index in [-0.39, 0.29) is 0 Å². The van der Waals surface area contributed by atoms with Crippen LogP contribution in [0.3, 0.4) is 0 Å². The second kappa shape index (κ2) is 4.21. The first-order chi connectivity index (χ1) is 4.79. The van der Waals surface area contributed by atoms with Gasteiger partial charge in [0, 0.05) is 6.54 Å². The van der Waals surface area contributed by atoms with Gasteiger partial charge in [-0.15, -0.1) is 0 Å². The maximum absolute atomic E-state index is 4.22. The van der Waals surface area contributed by atoms with Crippen LogP contribution in [-0.4, -0.2) is 31.0 Å². The zero-order chi connectivity index (χ0) is 7.40. The summed E-state index contributed by atoms with van der Waals surface area (Å²) in [5, 5.41) is 3.34. The van der Waals surface area contributed by atoms with Crippen molar-refractivity contribution in [1.29, 1.82) is 0 Å². The zero-order valence-electron chi connectivity index (χ0n) is 6.51. The monoisotopic (exact) mass is 160 g/mol. The number of rotatable bonds is 2. The number of nitrogens with one attached hydrogen (secondary N) is 1. The van der Waals surface area contributed by atoms with E-state index < -0.39 is 0 Å². The standard InChI is InChI=1S/C7H16N2S/c1-9(10)6-7-2-4-8-5-3-7/h7-8,10H,2-6H2,1H3. The maximum atomic E-state index is 4.22. The number of hydrogen-bond acceptors (Lipinski definition) is 3. The highest BCUT2D eigenvalue weighted by Crippen LogP contribution is 2.12. The molecule has 0 aromatic heterocycles. The lowest BCUT2D eigenvalue weighted by atomic mass is 9.98. The smallest absolute Gasteiger partial charge is 0.0113 e. The van der Waals surface area contributed by atoms with Crippen LogP contribution in [0.25, 0.3) is 0 Å². The molecular weight excluding hydrogens is 144 g/mol. The van der Waals surface area contributed by atoms with Crippen molar-refractivity contribution >= 4 is 12.8 Å². The summed E-state index contributed by atoms with van der Waals surface area (Å²) in [6.07, 6.45) is 2.62. The molecule has 10 heavy (non-hydrogen) atoms. The average molecular weight is 160 g/mol. The average Bonchev–Trinajstić information content (AvgIpc) is 1.88. The Morgan fingerprint density at radius 2 is 2.10 bits per heavy atom. The minimum Gasteiger partial charge on any atom is -0.317 e. The summed E-state index contributed by atoms with van der Waals surface area (Å²) in [4.78, 5) is 0. The summed E-state index contributed by atoms with van der Waals surface area (Å²) >= 11 is 4.22. The highest BCUT2D eigenvalue weighted by Gasteiger charge is 2.12. The lowest BCUT2D eigenvalue weighted by Crippen LogP contribution is -2.32. The Balaban J connectivity index is 2.13. The van der Waals surface area contributed by atoms with Gasteiger partial charge >= 0.3 is 0 Å². The quantitative estimate of drug-likeness (QED) is 0.580. The summed E-state index contributed by atoms with van der Waals surface area (Å²) in [6, 6.07) is 0. The van der Waals surface area contributed by atoms with Crippen LogP contribution in [0, 0.1) is 5.92 Å². The van der Waals surface area contributed by atoms with Crippen LogP contribution >= 0.6 is 12.8 Å². The van der Waals surface area contributed by atoms with E-state index in [1.54, 1.807) is 0 Å². The predicted octanol–water partition coefficient (Wildman–Crippen LogP) is 0.763. The van der Waals surface area contributed by atoms with Gasteiger partial charge in [-0.1, -0.05) is 12.8 Å². The second-order valence-corrected chi connectivity index (χ2v) is 3.72. The third-order valence-corrected chi connectivity index (χ3v) is 2.14. The fraction of sp³-hybridized carbons (Fsp3) is 1.00. The Kier molecular flexibility index (Phi) is 3.52. The van der Waals surface area contributed by atoms with E-state index in [2.05, 4.69) is 18.1 Å². The molecule has 1 N–H and O–H groups in total. The minimum absolute atomic E-state index is 0.865. The van der Waals surface area contributed by atoms with Gasteiger partial charge in [0.05, 0.1) is 0 Å². The van der Waals surface area contributed by atoms with Gasteiger partial charge < -0.3 is 5.32 Å². The Hall–Kier alpha value is 0.270. The molecule has 2 nitrogen and oxygen atoms in total. The van der Waals surface area contributed by atoms with Crippen molar-refractivity contribution in [2.45, 2.75) is 12.8 Å². The van der Waals surface area contributed by atoms with Gasteiger partial charge in [0.2, 0.25) is 0 Å². The summed E-state index contributed by atoms with van der Waals surface area (Å²) in [5.74, 6) is 0.865. The zero-order valence-corrected chi connectivity index (χ0v) is 7.40. The fourth-order valence-corrected chi connectivity index (χ4v) is 1.67. The highest BCUT2D eigenvalue weighted by atomic mass is 32.1. The molecule has 0 radical (unpaired) electrons. The van der Waals surface area contributed by atoms with E-state index in [4.69, 9.17) is 0 Å². The lowest BCUT2D eigenvalue weighted by molar-refractivity contribution is 0.325. The molecule has 60 valence electrons. The summed E-state index contributed by atoms with van der Waals surface area (Å²) in [7, 11) is 2.02. The molecule has 1 fully saturated rings. The van der Waals surface area contributed by atoms with Gasteiger partial charge in [0.25, 0.3) is 0 Å². The van der Waals surface area contributed by atoms with Crippen molar-refractivity contribution in [1.82, 2.24) is 9.62 Å². The van der Waals surface area contributed by atoms with Crippen molar-refractivity contribution in [2.24, 2.45) is 5.92 Å². The SMILES string of the molecule is CN(S)CC1CCNCC1. The molecule has 3 heteroatoms. The van der Waals surface area contributed by atoms with Gasteiger partial charge in [-0.3, -0.25) is 4.31 Å². The Morgan fingerprint density at radius 3 is 2.60 bits per heavy atom. The molecule has 0 aromatic carbocycles. The maximum Gasteiger partial charge on any atom is 0.0113 e. The third-order valence-electron chi connectivity index (χ3n) is 1.98. The van der Waals surface area contributed by atoms with E-state index in [9.17, 15) is 0 Å². The van der Waals surface area contributed by atoms with E-state index >= 15 is 0 Å². The summed E-state index contributed by atoms with van der Waals surface area (Å²) in [5.41, 5.74) is 0. The molecule has 0 spiro atoms. The van der Waals surface area contributed by atoms with Crippen LogP contribution in [0.15, 0.2) is 0 Å². The summed E-state index contributed by atoms with van der Waals surface area (Å²) in [6.45, 7) is 3.50. The Bertz CT molecular complexity index is 89.6. The minimum atomic E-state index is 0.865. The molecule has 1 rings (SSSR count). The Labute approximate surface area is 68.5 Å². The van der Waals surface area contributed by atoms with Crippen LogP contribution < -0.4 is 5.32 Å². The summed E-state index contributed by atoms with van der Waals surface area (Å²) < 4.78 is 1.98. The molecule has 0 amide bonds. The molecule has 0 aliphatic carbocycles. The second-order valence-electron chi connectivity index (χ2n) is 3.03. The normalized spacial score (nSPS) is 21.9. The van der Waals surface area contributed by atoms with Gasteiger partial charge in [0.1, 0.15) is 0 Å². The topological polar surface area (TPSA) is 15.3 Å². The van der Waals surface area contributed by atoms with E-state index in [0.29, 0.717) is 0 Å². The molecule has 1 heterocycles. The molecule has 0 bridgehead atoms. The van der Waals surface area contributed by atoms with Crippen molar-refractivity contribution in [3.63, 3.8) is 0 Å². The van der Waals surface area contributed by atoms with E-state index in [1.165, 1.54) is 25.9 Å². The van der Waals surface area contributed by atoms with Crippen molar-refractivity contribution in [3.8, 4) is 0 Å². The van der Waals surface area contributed by atoms with Crippen LogP contribution in [0.5, 0.6) is 0 Å². The highest BCUT2D eigenvalue weighted by molar-refractivity contribution is 7.77. The first kappa shape index (κ1) is 8.37. The van der Waals surface area contributed by atoms with E-state index in [0.717, 1.165) is 12.5 Å². The molecule has 1 aliphatic heterocycles. The van der Waals surface area contributed by atoms with Crippen molar-refractivity contribution < 1.29 is 0 Å². The molecule has 1 aliphatic rings. The number of piperidine rings is 1. The van der Waals surface area contributed by atoms with Gasteiger partial charge in [-0.2, -0.15) is 0 Å². The number of thiol groups is 1. The first-order valence-corrected chi connectivity index (χ1v) is 4.30. The molecule has 0 saturated carbocycles. The largest absolute Gasteiger partial charge is 0.317 e. The third kappa shape index (κ3) is 2.90. The predicted molar refractivity (Wildman–Crippen MR) is 47.2 cm³/mol. The number of nitrogens with zero attached hydrogens (tertiary/aromatic N) is 1. The fourth-order valence-electron chi connectivity index (χ4n) is 1.44. The van der Waals surface area contributed by atoms with Crippen LogP contribution in [0.1, 0.15) is 12.8 Å². The van der Waals surface area contributed by atoms with Crippen molar-refractivity contribution in [2.75, 3.05) is 26.7 Å².